The largest absolute Gasteiger partial charge is 0.289 e. The summed E-state index contributed by atoms with van der Waals surface area (Å²) in [6.07, 6.45) is 2.01. The molecule has 0 saturated heterocycles. The topological polar surface area (TPSA) is 17.1 Å². The van der Waals surface area contributed by atoms with Crippen LogP contribution in [-0.2, 0) is 0 Å². The van der Waals surface area contributed by atoms with E-state index in [1.165, 1.54) is 17.4 Å². The zero-order valence-corrected chi connectivity index (χ0v) is 11.2. The molecule has 0 radical (unpaired) electrons. The fourth-order valence-electron chi connectivity index (χ4n) is 1.93. The Kier molecular flexibility index (Phi) is 2.84. The van der Waals surface area contributed by atoms with E-state index in [1.54, 1.807) is 11.8 Å². The molecule has 1 nitrogen and oxygen atoms in total. The molecule has 0 N–H and O–H groups in total. The molecule has 0 amide bonds. The van der Waals surface area contributed by atoms with E-state index in [-0.39, 0.29) is 5.43 Å². The summed E-state index contributed by atoms with van der Waals surface area (Å²) < 4.78 is 14.3. The number of halogens is 1. The van der Waals surface area contributed by atoms with Gasteiger partial charge in [-0.3, -0.25) is 4.79 Å². The van der Waals surface area contributed by atoms with Gasteiger partial charge in [0, 0.05) is 26.1 Å². The van der Waals surface area contributed by atoms with E-state index in [4.69, 9.17) is 0 Å². The van der Waals surface area contributed by atoms with E-state index in [0.717, 1.165) is 21.0 Å². The number of hydrogen-bond donors (Lipinski definition) is 0. The van der Waals surface area contributed by atoms with Crippen molar-refractivity contribution in [3.05, 3.63) is 52.4 Å². The maximum Gasteiger partial charge on any atom is 0.190 e. The van der Waals surface area contributed by atoms with Crippen molar-refractivity contribution in [2.24, 2.45) is 0 Å². The molecule has 0 saturated carbocycles. The number of rotatable bonds is 1. The maximum atomic E-state index is 13.2. The van der Waals surface area contributed by atoms with Crippen LogP contribution in [0.3, 0.4) is 0 Å². The van der Waals surface area contributed by atoms with Crippen LogP contribution in [-0.4, -0.2) is 6.26 Å². The van der Waals surface area contributed by atoms with Crippen molar-refractivity contribution in [2.75, 3.05) is 6.26 Å². The molecule has 3 rings (SSSR count). The van der Waals surface area contributed by atoms with Gasteiger partial charge in [-0.15, -0.1) is 23.1 Å². The Morgan fingerprint density at radius 2 is 2.00 bits per heavy atom. The van der Waals surface area contributed by atoms with Gasteiger partial charge in [0.05, 0.1) is 0 Å². The molecular formula is C14H9FOS2. The zero-order chi connectivity index (χ0) is 12.7. The molecule has 0 fully saturated rings. The van der Waals surface area contributed by atoms with Gasteiger partial charge in [-0.05, 0) is 42.0 Å². The van der Waals surface area contributed by atoms with Crippen LogP contribution < -0.4 is 5.43 Å². The van der Waals surface area contributed by atoms with E-state index < -0.39 is 5.82 Å². The van der Waals surface area contributed by atoms with Crippen molar-refractivity contribution in [3.8, 4) is 10.4 Å². The zero-order valence-electron chi connectivity index (χ0n) is 9.57. The molecule has 0 atom stereocenters. The molecule has 18 heavy (non-hydrogen) atoms. The molecule has 1 aliphatic heterocycles. The van der Waals surface area contributed by atoms with Gasteiger partial charge in [0.15, 0.2) is 5.43 Å². The SMILES string of the molecule is CSc1ccc2sc3cc(F)cc(=O)c-3cc2c1. The molecule has 1 aromatic carbocycles. The van der Waals surface area contributed by atoms with Crippen molar-refractivity contribution in [3.63, 3.8) is 0 Å². The monoisotopic (exact) mass is 276 g/mol. The molecule has 1 aliphatic carbocycles. The Hall–Kier alpha value is -1.39. The third-order valence-electron chi connectivity index (χ3n) is 2.81. The van der Waals surface area contributed by atoms with Gasteiger partial charge in [0.25, 0.3) is 0 Å². The van der Waals surface area contributed by atoms with Gasteiger partial charge in [0.2, 0.25) is 0 Å². The lowest BCUT2D eigenvalue weighted by atomic mass is 10.1. The first-order valence-corrected chi connectivity index (χ1v) is 7.43. The molecule has 4 heteroatoms. The Bertz CT molecular complexity index is 764. The molecule has 0 bridgehead atoms. The summed E-state index contributed by atoms with van der Waals surface area (Å²) in [5.74, 6) is -0.469. The highest BCUT2D eigenvalue weighted by atomic mass is 32.2. The van der Waals surface area contributed by atoms with Crippen molar-refractivity contribution in [1.82, 2.24) is 0 Å². The van der Waals surface area contributed by atoms with Gasteiger partial charge in [-0.2, -0.15) is 0 Å². The molecule has 0 aromatic heterocycles. The van der Waals surface area contributed by atoms with E-state index in [0.29, 0.717) is 10.4 Å². The Balaban J connectivity index is 2.41. The summed E-state index contributed by atoms with van der Waals surface area (Å²) in [5.41, 5.74) is 0.338. The Labute approximate surface area is 112 Å². The van der Waals surface area contributed by atoms with E-state index in [1.807, 2.05) is 24.5 Å². The number of fused-ring (bicyclic) bond motifs is 2. The smallest absolute Gasteiger partial charge is 0.190 e. The summed E-state index contributed by atoms with van der Waals surface area (Å²) in [4.78, 5) is 13.6. The quantitative estimate of drug-likeness (QED) is 0.489. The molecule has 0 spiro atoms. The van der Waals surface area contributed by atoms with Gasteiger partial charge in [-0.25, -0.2) is 4.39 Å². The standard InChI is InChI=1S/C14H9FOS2/c1-17-10-2-3-13-8(4-10)5-11-12(16)6-9(15)7-14(11)18-13/h2-7H,1H3. The molecular weight excluding hydrogens is 267 g/mol. The minimum absolute atomic E-state index is 0.252. The lowest BCUT2D eigenvalue weighted by Crippen LogP contribution is -2.04. The van der Waals surface area contributed by atoms with Crippen LogP contribution in [0.1, 0.15) is 0 Å². The Morgan fingerprint density at radius 3 is 2.78 bits per heavy atom. The predicted octanol–water partition coefficient (Wildman–Crippen LogP) is 4.23. The first-order chi connectivity index (χ1) is 8.67. The van der Waals surface area contributed by atoms with Crippen molar-refractivity contribution in [2.45, 2.75) is 4.90 Å². The second-order valence-electron chi connectivity index (χ2n) is 3.97. The second kappa shape index (κ2) is 4.37. The summed E-state index contributed by atoms with van der Waals surface area (Å²) in [6, 6.07) is 10.4. The first kappa shape index (κ1) is 11.7. The predicted molar refractivity (Wildman–Crippen MR) is 76.5 cm³/mol. The molecule has 1 heterocycles. The normalized spacial score (nSPS) is 11.2. The van der Waals surface area contributed by atoms with Crippen LogP contribution in [0.4, 0.5) is 4.39 Å². The van der Waals surface area contributed by atoms with E-state index in [2.05, 4.69) is 6.07 Å². The molecule has 90 valence electrons. The fourth-order valence-corrected chi connectivity index (χ4v) is 3.43. The Morgan fingerprint density at radius 1 is 1.17 bits per heavy atom. The number of benzene rings is 2. The van der Waals surface area contributed by atoms with E-state index >= 15 is 0 Å². The average molecular weight is 276 g/mol. The first-order valence-electron chi connectivity index (χ1n) is 5.38. The highest BCUT2D eigenvalue weighted by Gasteiger charge is 2.11. The van der Waals surface area contributed by atoms with Crippen molar-refractivity contribution < 1.29 is 4.39 Å². The van der Waals surface area contributed by atoms with Crippen LogP contribution in [0.5, 0.6) is 0 Å². The third-order valence-corrected chi connectivity index (χ3v) is 4.68. The summed E-state index contributed by atoms with van der Waals surface area (Å²) in [7, 11) is 0. The van der Waals surface area contributed by atoms with Crippen molar-refractivity contribution in [1.29, 1.82) is 0 Å². The molecule has 0 unspecified atom stereocenters. The van der Waals surface area contributed by atoms with E-state index in [9.17, 15) is 9.18 Å². The van der Waals surface area contributed by atoms with Gasteiger partial charge in [0.1, 0.15) is 5.82 Å². The number of hydrogen-bond acceptors (Lipinski definition) is 3. The van der Waals surface area contributed by atoms with Gasteiger partial charge < -0.3 is 0 Å². The summed E-state index contributed by atoms with van der Waals surface area (Å²) in [6.45, 7) is 0. The minimum atomic E-state index is -0.469. The molecule has 1 aromatic rings. The lowest BCUT2D eigenvalue weighted by molar-refractivity contribution is 0.627. The van der Waals surface area contributed by atoms with Crippen LogP contribution in [0, 0.1) is 5.82 Å². The van der Waals surface area contributed by atoms with Crippen LogP contribution in [0.25, 0.3) is 20.5 Å². The third kappa shape index (κ3) is 1.91. The average Bonchev–Trinajstić information content (AvgIpc) is 2.36. The maximum absolute atomic E-state index is 13.2. The summed E-state index contributed by atoms with van der Waals surface area (Å²) >= 11 is 3.11. The highest BCUT2D eigenvalue weighted by Crippen LogP contribution is 2.33. The van der Waals surface area contributed by atoms with Gasteiger partial charge in [-0.1, -0.05) is 0 Å². The minimum Gasteiger partial charge on any atom is -0.289 e. The van der Waals surface area contributed by atoms with Crippen LogP contribution >= 0.6 is 23.1 Å². The summed E-state index contributed by atoms with van der Waals surface area (Å²) in [5, 5.41) is 1.03. The number of thioether (sulfide) groups is 1. The van der Waals surface area contributed by atoms with Crippen LogP contribution in [0.2, 0.25) is 0 Å². The van der Waals surface area contributed by atoms with Crippen LogP contribution in [0.15, 0.2) is 46.1 Å². The highest BCUT2D eigenvalue weighted by molar-refractivity contribution is 7.98. The molecule has 2 aliphatic rings. The fraction of sp³-hybridized carbons (Fsp3) is 0.0714. The lowest BCUT2D eigenvalue weighted by Gasteiger charge is -2.07. The second-order valence-corrected chi connectivity index (χ2v) is 5.93. The van der Waals surface area contributed by atoms with Gasteiger partial charge >= 0.3 is 0 Å². The van der Waals surface area contributed by atoms with Crippen molar-refractivity contribution >= 4 is 33.2 Å².